The van der Waals surface area contributed by atoms with Crippen LogP contribution in [0.2, 0.25) is 0 Å². The Balaban J connectivity index is 2.59. The Hall–Kier alpha value is -1.90. The van der Waals surface area contributed by atoms with Gasteiger partial charge in [-0.2, -0.15) is 5.26 Å². The molecule has 0 aliphatic rings. The van der Waals surface area contributed by atoms with Crippen LogP contribution in [0.25, 0.3) is 0 Å². The van der Waals surface area contributed by atoms with Gasteiger partial charge in [0.1, 0.15) is 0 Å². The van der Waals surface area contributed by atoms with E-state index < -0.39 is 0 Å². The van der Waals surface area contributed by atoms with E-state index in [9.17, 15) is 4.79 Å². The Morgan fingerprint density at radius 2 is 2.38 bits per heavy atom. The molecule has 5 nitrogen and oxygen atoms in total. The van der Waals surface area contributed by atoms with Crippen molar-refractivity contribution in [2.75, 3.05) is 13.6 Å². The minimum atomic E-state index is -0.237. The first-order valence-corrected chi connectivity index (χ1v) is 4.82. The van der Waals surface area contributed by atoms with Crippen LogP contribution < -0.4 is 11.3 Å². The maximum Gasteiger partial charge on any atom is 0.248 e. The average molecular weight is 218 g/mol. The minimum absolute atomic E-state index is 0.229. The van der Waals surface area contributed by atoms with Crippen molar-refractivity contribution in [3.8, 4) is 6.07 Å². The summed E-state index contributed by atoms with van der Waals surface area (Å²) in [5, 5.41) is 8.74. The van der Waals surface area contributed by atoms with Crippen molar-refractivity contribution >= 4 is 5.91 Å². The average Bonchev–Trinajstić information content (AvgIpc) is 2.28. The number of benzene rings is 1. The van der Waals surface area contributed by atoms with E-state index in [1.54, 1.807) is 12.1 Å². The third-order valence-corrected chi connectivity index (χ3v) is 2.08. The van der Waals surface area contributed by atoms with Gasteiger partial charge in [0, 0.05) is 6.54 Å². The van der Waals surface area contributed by atoms with Crippen molar-refractivity contribution in [1.82, 2.24) is 10.3 Å². The van der Waals surface area contributed by atoms with Crippen LogP contribution in [0.5, 0.6) is 0 Å². The molecule has 0 aliphatic heterocycles. The second kappa shape index (κ2) is 5.85. The molecular weight excluding hydrogens is 204 g/mol. The zero-order valence-corrected chi connectivity index (χ0v) is 9.10. The molecule has 0 radical (unpaired) electrons. The molecule has 5 heteroatoms. The van der Waals surface area contributed by atoms with Crippen molar-refractivity contribution in [3.05, 3.63) is 35.4 Å². The molecule has 0 saturated carbocycles. The molecule has 1 rings (SSSR count). The second-order valence-electron chi connectivity index (χ2n) is 3.55. The predicted molar refractivity (Wildman–Crippen MR) is 59.8 cm³/mol. The van der Waals surface area contributed by atoms with Gasteiger partial charge >= 0.3 is 0 Å². The first-order chi connectivity index (χ1) is 7.65. The second-order valence-corrected chi connectivity index (χ2v) is 3.55. The van der Waals surface area contributed by atoms with Crippen molar-refractivity contribution in [3.63, 3.8) is 0 Å². The first-order valence-electron chi connectivity index (χ1n) is 4.82. The standard InChI is InChI=1S/C11H14N4O/c1-15(8-11(16)14-13)7-10-4-2-3-9(5-10)6-12/h2-5H,7-8,13H2,1H3,(H,14,16). The smallest absolute Gasteiger partial charge is 0.248 e. The van der Waals surface area contributed by atoms with Crippen LogP contribution in [0.15, 0.2) is 24.3 Å². The Morgan fingerprint density at radius 3 is 3.00 bits per heavy atom. The highest BCUT2D eigenvalue weighted by molar-refractivity contribution is 5.77. The van der Waals surface area contributed by atoms with Crippen LogP contribution in [0.4, 0.5) is 0 Å². The number of nitriles is 1. The zero-order valence-electron chi connectivity index (χ0n) is 9.10. The van der Waals surface area contributed by atoms with Gasteiger partial charge in [-0.05, 0) is 24.7 Å². The Morgan fingerprint density at radius 1 is 1.62 bits per heavy atom. The quantitative estimate of drug-likeness (QED) is 0.423. The molecule has 0 bridgehead atoms. The molecule has 1 amide bonds. The number of nitrogens with two attached hydrogens (primary N) is 1. The highest BCUT2D eigenvalue weighted by Gasteiger charge is 2.05. The number of rotatable bonds is 4. The van der Waals surface area contributed by atoms with Crippen LogP contribution in [0, 0.1) is 11.3 Å². The molecule has 1 aromatic rings. The topological polar surface area (TPSA) is 82.2 Å². The number of nitrogens with one attached hydrogen (secondary N) is 1. The summed E-state index contributed by atoms with van der Waals surface area (Å²) in [6, 6.07) is 9.36. The molecule has 0 atom stereocenters. The lowest BCUT2D eigenvalue weighted by Crippen LogP contribution is -2.38. The number of hydrazine groups is 1. The van der Waals surface area contributed by atoms with Gasteiger partial charge in [0.25, 0.3) is 0 Å². The molecule has 0 saturated heterocycles. The summed E-state index contributed by atoms with van der Waals surface area (Å²) in [4.78, 5) is 12.8. The normalized spacial score (nSPS) is 9.88. The number of likely N-dealkylation sites (N-methyl/N-ethyl adjacent to an activating group) is 1. The SMILES string of the molecule is CN(CC(=O)NN)Cc1cccc(C#N)c1. The number of nitrogens with zero attached hydrogens (tertiary/aromatic N) is 2. The van der Waals surface area contributed by atoms with E-state index in [2.05, 4.69) is 11.5 Å². The van der Waals surface area contributed by atoms with E-state index in [0.29, 0.717) is 12.1 Å². The maximum absolute atomic E-state index is 11.0. The van der Waals surface area contributed by atoms with Crippen molar-refractivity contribution in [1.29, 1.82) is 5.26 Å². The minimum Gasteiger partial charge on any atom is -0.293 e. The summed E-state index contributed by atoms with van der Waals surface area (Å²) in [7, 11) is 1.81. The summed E-state index contributed by atoms with van der Waals surface area (Å²) in [6.07, 6.45) is 0. The summed E-state index contributed by atoms with van der Waals surface area (Å²) < 4.78 is 0. The number of amides is 1. The lowest BCUT2D eigenvalue weighted by Gasteiger charge is -2.15. The molecule has 3 N–H and O–H groups in total. The van der Waals surface area contributed by atoms with E-state index in [4.69, 9.17) is 11.1 Å². The van der Waals surface area contributed by atoms with Gasteiger partial charge < -0.3 is 0 Å². The van der Waals surface area contributed by atoms with Crippen molar-refractivity contribution < 1.29 is 4.79 Å². The fourth-order valence-corrected chi connectivity index (χ4v) is 1.40. The van der Waals surface area contributed by atoms with Crippen LogP contribution in [-0.2, 0) is 11.3 Å². The first kappa shape index (κ1) is 12.2. The van der Waals surface area contributed by atoms with Gasteiger partial charge in [-0.15, -0.1) is 0 Å². The summed E-state index contributed by atoms with van der Waals surface area (Å²) in [5.41, 5.74) is 3.68. The van der Waals surface area contributed by atoms with Crippen LogP contribution in [0.3, 0.4) is 0 Å². The molecule has 0 aromatic heterocycles. The molecule has 0 heterocycles. The largest absolute Gasteiger partial charge is 0.293 e. The van der Waals surface area contributed by atoms with Crippen LogP contribution in [0.1, 0.15) is 11.1 Å². The van der Waals surface area contributed by atoms with E-state index in [1.165, 1.54) is 0 Å². The van der Waals surface area contributed by atoms with Gasteiger partial charge in [0.2, 0.25) is 5.91 Å². The summed E-state index contributed by atoms with van der Waals surface area (Å²) in [5.74, 6) is 4.75. The molecule has 0 spiro atoms. The van der Waals surface area contributed by atoms with Gasteiger partial charge in [-0.25, -0.2) is 5.84 Å². The Labute approximate surface area is 94.4 Å². The summed E-state index contributed by atoms with van der Waals surface area (Å²) in [6.45, 7) is 0.830. The molecule has 1 aromatic carbocycles. The van der Waals surface area contributed by atoms with E-state index >= 15 is 0 Å². The molecular formula is C11H14N4O. The highest BCUT2D eigenvalue weighted by Crippen LogP contribution is 2.06. The van der Waals surface area contributed by atoms with Crippen molar-refractivity contribution in [2.24, 2.45) is 5.84 Å². The van der Waals surface area contributed by atoms with Gasteiger partial charge in [0.05, 0.1) is 18.2 Å². The molecule has 84 valence electrons. The molecule has 0 unspecified atom stereocenters. The lowest BCUT2D eigenvalue weighted by atomic mass is 10.1. The molecule has 0 aliphatic carbocycles. The van der Waals surface area contributed by atoms with Gasteiger partial charge in [-0.3, -0.25) is 15.1 Å². The zero-order chi connectivity index (χ0) is 12.0. The third-order valence-electron chi connectivity index (χ3n) is 2.08. The van der Waals surface area contributed by atoms with E-state index in [-0.39, 0.29) is 12.5 Å². The molecule has 16 heavy (non-hydrogen) atoms. The number of carbonyl (C=O) groups excluding carboxylic acids is 1. The highest BCUT2D eigenvalue weighted by atomic mass is 16.2. The van der Waals surface area contributed by atoms with Crippen molar-refractivity contribution in [2.45, 2.75) is 6.54 Å². The van der Waals surface area contributed by atoms with E-state index in [0.717, 1.165) is 5.56 Å². The monoisotopic (exact) mass is 218 g/mol. The fourth-order valence-electron chi connectivity index (χ4n) is 1.40. The Kier molecular flexibility index (Phi) is 4.45. The maximum atomic E-state index is 11.0. The van der Waals surface area contributed by atoms with E-state index in [1.807, 2.05) is 24.1 Å². The number of hydrogen-bond donors (Lipinski definition) is 2. The number of hydrogen-bond acceptors (Lipinski definition) is 4. The van der Waals surface area contributed by atoms with Crippen LogP contribution in [-0.4, -0.2) is 24.4 Å². The number of carbonyl (C=O) groups is 1. The van der Waals surface area contributed by atoms with Crippen LogP contribution >= 0.6 is 0 Å². The molecule has 0 fully saturated rings. The predicted octanol–water partition coefficient (Wildman–Crippen LogP) is -0.0200. The van der Waals surface area contributed by atoms with Gasteiger partial charge in [0.15, 0.2) is 0 Å². The Bertz CT molecular complexity index is 411. The lowest BCUT2D eigenvalue weighted by molar-refractivity contribution is -0.122. The van der Waals surface area contributed by atoms with Gasteiger partial charge in [-0.1, -0.05) is 12.1 Å². The third kappa shape index (κ3) is 3.69. The summed E-state index contributed by atoms with van der Waals surface area (Å²) >= 11 is 0. The fraction of sp³-hybridized carbons (Fsp3) is 0.273.